The highest BCUT2D eigenvalue weighted by Crippen LogP contribution is 2.42. The van der Waals surface area contributed by atoms with Crippen LogP contribution in [0.4, 0.5) is 5.00 Å². The SMILES string of the molecule is CC1CCc2c(sc3c2C(=O)NC(c2ccccc2)N3)C1. The van der Waals surface area contributed by atoms with E-state index in [4.69, 9.17) is 0 Å². The maximum absolute atomic E-state index is 12.5. The summed E-state index contributed by atoms with van der Waals surface area (Å²) in [5.74, 6) is 0.801. The number of hydrogen-bond acceptors (Lipinski definition) is 3. The van der Waals surface area contributed by atoms with Crippen molar-refractivity contribution in [1.29, 1.82) is 0 Å². The van der Waals surface area contributed by atoms with Crippen LogP contribution >= 0.6 is 11.3 Å². The van der Waals surface area contributed by atoms with E-state index in [1.807, 2.05) is 30.3 Å². The van der Waals surface area contributed by atoms with Crippen LogP contribution in [0.5, 0.6) is 0 Å². The van der Waals surface area contributed by atoms with E-state index in [-0.39, 0.29) is 12.1 Å². The Bertz CT molecular complexity index is 692. The first-order chi connectivity index (χ1) is 10.2. The first kappa shape index (κ1) is 12.9. The molecule has 3 nitrogen and oxygen atoms in total. The lowest BCUT2D eigenvalue weighted by molar-refractivity contribution is 0.0935. The van der Waals surface area contributed by atoms with Gasteiger partial charge in [0.15, 0.2) is 0 Å². The third-order valence-electron chi connectivity index (χ3n) is 4.42. The molecule has 4 rings (SSSR count). The average Bonchev–Trinajstić information content (AvgIpc) is 2.85. The molecule has 2 heterocycles. The number of hydrogen-bond donors (Lipinski definition) is 2. The van der Waals surface area contributed by atoms with Crippen molar-refractivity contribution in [1.82, 2.24) is 5.32 Å². The molecule has 0 bridgehead atoms. The zero-order valence-corrected chi connectivity index (χ0v) is 12.8. The normalized spacial score (nSPS) is 23.8. The molecule has 0 fully saturated rings. The van der Waals surface area contributed by atoms with Gasteiger partial charge in [-0.1, -0.05) is 37.3 Å². The van der Waals surface area contributed by atoms with Crippen LogP contribution in [0.15, 0.2) is 30.3 Å². The molecule has 2 atom stereocenters. The fourth-order valence-corrected chi connectivity index (χ4v) is 4.71. The standard InChI is InChI=1S/C17H18N2OS/c1-10-7-8-12-13(9-10)21-17-14(12)16(20)18-15(19-17)11-5-3-2-4-6-11/h2-6,10,15,19H,7-9H2,1H3,(H,18,20). The van der Waals surface area contributed by atoms with Gasteiger partial charge in [0.1, 0.15) is 11.2 Å². The van der Waals surface area contributed by atoms with Crippen molar-refractivity contribution >= 4 is 22.2 Å². The average molecular weight is 298 g/mol. The van der Waals surface area contributed by atoms with Crippen LogP contribution in [0.25, 0.3) is 0 Å². The van der Waals surface area contributed by atoms with Gasteiger partial charge in [-0.2, -0.15) is 0 Å². The molecule has 1 aliphatic carbocycles. The summed E-state index contributed by atoms with van der Waals surface area (Å²) in [4.78, 5) is 13.9. The molecule has 0 spiro atoms. The van der Waals surface area contributed by atoms with Crippen molar-refractivity contribution in [3.8, 4) is 0 Å². The van der Waals surface area contributed by atoms with Crippen LogP contribution in [-0.4, -0.2) is 5.91 Å². The summed E-state index contributed by atoms with van der Waals surface area (Å²) in [6.45, 7) is 2.29. The van der Waals surface area contributed by atoms with Gasteiger partial charge in [-0.25, -0.2) is 0 Å². The second kappa shape index (κ2) is 4.88. The Morgan fingerprint density at radius 3 is 2.81 bits per heavy atom. The highest BCUT2D eigenvalue weighted by atomic mass is 32.1. The quantitative estimate of drug-likeness (QED) is 0.842. The van der Waals surface area contributed by atoms with Crippen LogP contribution in [0, 0.1) is 5.92 Å². The number of fused-ring (bicyclic) bond motifs is 3. The lowest BCUT2D eigenvalue weighted by Crippen LogP contribution is -2.38. The van der Waals surface area contributed by atoms with Crippen molar-refractivity contribution in [3.63, 3.8) is 0 Å². The van der Waals surface area contributed by atoms with Crippen LogP contribution in [0.2, 0.25) is 0 Å². The molecule has 0 saturated heterocycles. The Hall–Kier alpha value is -1.81. The molecule has 1 aromatic heterocycles. The summed E-state index contributed by atoms with van der Waals surface area (Å²) in [7, 11) is 0. The van der Waals surface area contributed by atoms with Crippen molar-refractivity contribution in [2.75, 3.05) is 5.32 Å². The molecule has 4 heteroatoms. The molecule has 1 aliphatic heterocycles. The van der Waals surface area contributed by atoms with Gasteiger partial charge in [0, 0.05) is 4.88 Å². The van der Waals surface area contributed by atoms with Gasteiger partial charge in [0.25, 0.3) is 5.91 Å². The number of amides is 1. The summed E-state index contributed by atoms with van der Waals surface area (Å²) < 4.78 is 0. The van der Waals surface area contributed by atoms with Crippen molar-refractivity contribution in [2.24, 2.45) is 5.92 Å². The molecule has 0 saturated carbocycles. The molecule has 1 amide bonds. The molecular formula is C17H18N2OS. The minimum atomic E-state index is -0.122. The van der Waals surface area contributed by atoms with E-state index >= 15 is 0 Å². The highest BCUT2D eigenvalue weighted by molar-refractivity contribution is 7.16. The van der Waals surface area contributed by atoms with Gasteiger partial charge in [-0.3, -0.25) is 4.79 Å². The summed E-state index contributed by atoms with van der Waals surface area (Å²) >= 11 is 1.77. The molecule has 2 unspecified atom stereocenters. The number of carbonyl (C=O) groups is 1. The largest absolute Gasteiger partial charge is 0.353 e. The van der Waals surface area contributed by atoms with E-state index in [1.54, 1.807) is 11.3 Å². The minimum Gasteiger partial charge on any atom is -0.353 e. The van der Waals surface area contributed by atoms with E-state index in [9.17, 15) is 4.79 Å². The summed E-state index contributed by atoms with van der Waals surface area (Å²) in [6.07, 6.45) is 3.21. The fraction of sp³-hybridized carbons (Fsp3) is 0.353. The fourth-order valence-electron chi connectivity index (χ4n) is 3.28. The maximum Gasteiger partial charge on any atom is 0.256 e. The Balaban J connectivity index is 1.71. The minimum absolute atomic E-state index is 0.0738. The van der Waals surface area contributed by atoms with Gasteiger partial charge in [-0.15, -0.1) is 11.3 Å². The first-order valence-corrected chi connectivity index (χ1v) is 8.31. The molecule has 0 radical (unpaired) electrons. The molecule has 2 aliphatic rings. The monoisotopic (exact) mass is 298 g/mol. The molecule has 2 N–H and O–H groups in total. The first-order valence-electron chi connectivity index (χ1n) is 7.49. The number of nitrogens with one attached hydrogen (secondary N) is 2. The van der Waals surface area contributed by atoms with Crippen LogP contribution < -0.4 is 10.6 Å². The van der Waals surface area contributed by atoms with Crippen molar-refractivity contribution in [2.45, 2.75) is 32.4 Å². The van der Waals surface area contributed by atoms with Crippen molar-refractivity contribution < 1.29 is 4.79 Å². The number of thiophene rings is 1. The zero-order valence-electron chi connectivity index (χ0n) is 12.0. The van der Waals surface area contributed by atoms with E-state index in [0.717, 1.165) is 34.9 Å². The second-order valence-electron chi connectivity index (χ2n) is 6.02. The lowest BCUT2D eigenvalue weighted by Gasteiger charge is -2.27. The van der Waals surface area contributed by atoms with E-state index in [0.29, 0.717) is 0 Å². The highest BCUT2D eigenvalue weighted by Gasteiger charge is 2.32. The Morgan fingerprint density at radius 2 is 2.00 bits per heavy atom. The van der Waals surface area contributed by atoms with Crippen LogP contribution in [0.1, 0.15) is 45.9 Å². The number of benzene rings is 1. The molecular weight excluding hydrogens is 280 g/mol. The summed E-state index contributed by atoms with van der Waals surface area (Å²) in [5, 5.41) is 7.64. The second-order valence-corrected chi connectivity index (χ2v) is 7.12. The number of rotatable bonds is 1. The third kappa shape index (κ3) is 2.14. The van der Waals surface area contributed by atoms with Gasteiger partial charge in [0.2, 0.25) is 0 Å². The van der Waals surface area contributed by atoms with Crippen LogP contribution in [0.3, 0.4) is 0 Å². The van der Waals surface area contributed by atoms with E-state index in [1.165, 1.54) is 16.9 Å². The van der Waals surface area contributed by atoms with E-state index < -0.39 is 0 Å². The van der Waals surface area contributed by atoms with Crippen molar-refractivity contribution in [3.05, 3.63) is 51.9 Å². The lowest BCUT2D eigenvalue weighted by atomic mass is 9.88. The smallest absolute Gasteiger partial charge is 0.256 e. The predicted molar refractivity (Wildman–Crippen MR) is 85.8 cm³/mol. The number of anilines is 1. The third-order valence-corrected chi connectivity index (χ3v) is 5.61. The Labute approximate surface area is 128 Å². The molecule has 2 aromatic rings. The topological polar surface area (TPSA) is 41.1 Å². The molecule has 108 valence electrons. The van der Waals surface area contributed by atoms with E-state index in [2.05, 4.69) is 17.6 Å². The molecule has 21 heavy (non-hydrogen) atoms. The summed E-state index contributed by atoms with van der Waals surface area (Å²) in [6, 6.07) is 10.1. The Kier molecular flexibility index (Phi) is 3.00. The van der Waals surface area contributed by atoms with Gasteiger partial charge >= 0.3 is 0 Å². The zero-order chi connectivity index (χ0) is 14.4. The predicted octanol–water partition coefficient (Wildman–Crippen LogP) is 3.73. The Morgan fingerprint density at radius 1 is 1.19 bits per heavy atom. The number of carbonyl (C=O) groups excluding carboxylic acids is 1. The van der Waals surface area contributed by atoms with Gasteiger partial charge in [-0.05, 0) is 36.3 Å². The van der Waals surface area contributed by atoms with Crippen LogP contribution in [-0.2, 0) is 12.8 Å². The summed E-state index contributed by atoms with van der Waals surface area (Å²) in [5.41, 5.74) is 3.27. The van der Waals surface area contributed by atoms with Gasteiger partial charge in [0.05, 0.1) is 5.56 Å². The molecule has 1 aromatic carbocycles. The van der Waals surface area contributed by atoms with Gasteiger partial charge < -0.3 is 10.6 Å². The maximum atomic E-state index is 12.5.